The molecular weight excluding hydrogens is 536 g/mol. The van der Waals surface area contributed by atoms with Crippen molar-refractivity contribution in [2.45, 2.75) is 64.0 Å². The number of anilines is 2. The summed E-state index contributed by atoms with van der Waals surface area (Å²) < 4.78 is 44.9. The number of aryl methyl sites for hydroxylation is 1. The fourth-order valence-corrected chi connectivity index (χ4v) is 5.48. The van der Waals surface area contributed by atoms with Crippen LogP contribution in [0.1, 0.15) is 49.7 Å². The van der Waals surface area contributed by atoms with Gasteiger partial charge in [-0.05, 0) is 74.8 Å². The predicted octanol–water partition coefficient (Wildman–Crippen LogP) is 5.41. The highest BCUT2D eigenvalue weighted by Gasteiger charge is 2.32. The first kappa shape index (κ1) is 29.1. The van der Waals surface area contributed by atoms with Gasteiger partial charge in [0.05, 0.1) is 31.8 Å². The van der Waals surface area contributed by atoms with Crippen LogP contribution in [0.3, 0.4) is 0 Å². The lowest BCUT2D eigenvalue weighted by Gasteiger charge is -2.32. The molecular formula is C30H35F2N3O6. The van der Waals surface area contributed by atoms with Gasteiger partial charge < -0.3 is 19.2 Å². The van der Waals surface area contributed by atoms with Gasteiger partial charge in [-0.3, -0.25) is 14.4 Å². The smallest absolute Gasteiger partial charge is 0.308 e. The number of hydrogen-bond donors (Lipinski definition) is 1. The minimum absolute atomic E-state index is 0.0271. The molecule has 220 valence electrons. The third kappa shape index (κ3) is 7.09. The van der Waals surface area contributed by atoms with Gasteiger partial charge in [0, 0.05) is 18.7 Å². The molecule has 1 aliphatic carbocycles. The van der Waals surface area contributed by atoms with E-state index >= 15 is 4.39 Å². The summed E-state index contributed by atoms with van der Waals surface area (Å²) in [4.78, 5) is 34.8. The number of rotatable bonds is 11. The monoisotopic (exact) mass is 571 g/mol. The summed E-state index contributed by atoms with van der Waals surface area (Å²) in [5.41, 5.74) is 1.63. The second-order valence-corrected chi connectivity index (χ2v) is 10.8. The van der Waals surface area contributed by atoms with Crippen molar-refractivity contribution in [3.8, 4) is 0 Å². The van der Waals surface area contributed by atoms with Crippen LogP contribution in [0.25, 0.3) is 11.1 Å². The van der Waals surface area contributed by atoms with Gasteiger partial charge in [0.2, 0.25) is 0 Å². The number of oxazole rings is 1. The van der Waals surface area contributed by atoms with E-state index in [-0.39, 0.29) is 65.5 Å². The van der Waals surface area contributed by atoms with Crippen molar-refractivity contribution < 1.29 is 37.1 Å². The molecule has 1 saturated heterocycles. The third-order valence-electron chi connectivity index (χ3n) is 7.80. The Hall–Kier alpha value is -3.41. The zero-order chi connectivity index (χ0) is 28.9. The lowest BCUT2D eigenvalue weighted by Crippen LogP contribution is -2.39. The quantitative estimate of drug-likeness (QED) is 0.303. The molecule has 0 radical (unpaired) electrons. The number of Topliss-reactive ketones (excluding diaryl/α,β-unsaturated/α-hetero) is 1. The number of ketones is 1. The van der Waals surface area contributed by atoms with Gasteiger partial charge in [0.15, 0.2) is 17.2 Å². The van der Waals surface area contributed by atoms with Crippen LogP contribution in [0.2, 0.25) is 0 Å². The van der Waals surface area contributed by atoms with Crippen molar-refractivity contribution in [2.75, 3.05) is 32.2 Å². The topological polar surface area (TPSA) is 103 Å². The van der Waals surface area contributed by atoms with Gasteiger partial charge in [-0.2, -0.15) is 10.0 Å². The Labute approximate surface area is 237 Å². The summed E-state index contributed by atoms with van der Waals surface area (Å²) in [5, 5.41) is 4.82. The van der Waals surface area contributed by atoms with Crippen LogP contribution < -0.4 is 5.32 Å². The standard InChI is InChI=1S/C30H35F2N3O6/c1-18-5-9-21(31)15-26(18)34-30-33-25-12-8-20(27(32)28(25)40-30)14-23(36)17-39-16-22-4-3-13-35(22)41-24-10-6-19(7-11-24)29(37)38-2/h5,8-9,12,15,19,22,24H,3-4,6-7,10-11,13-14,16-17H2,1-2H3,(H,33,34). The fourth-order valence-electron chi connectivity index (χ4n) is 5.48. The Balaban J connectivity index is 1.10. The molecule has 2 heterocycles. The van der Waals surface area contributed by atoms with Crippen LogP contribution >= 0.6 is 0 Å². The van der Waals surface area contributed by atoms with Crippen molar-refractivity contribution in [3.63, 3.8) is 0 Å². The Morgan fingerprint density at radius 2 is 1.93 bits per heavy atom. The summed E-state index contributed by atoms with van der Waals surface area (Å²) in [6.45, 7) is 2.78. The van der Waals surface area contributed by atoms with Crippen LogP contribution in [0.4, 0.5) is 20.5 Å². The van der Waals surface area contributed by atoms with E-state index in [1.807, 2.05) is 5.06 Å². The summed E-state index contributed by atoms with van der Waals surface area (Å²) >= 11 is 0. The van der Waals surface area contributed by atoms with Crippen LogP contribution in [0.5, 0.6) is 0 Å². The number of carbonyl (C=O) groups excluding carboxylic acids is 2. The maximum atomic E-state index is 15.2. The number of halogens is 2. The molecule has 1 aromatic heterocycles. The largest absolute Gasteiger partial charge is 0.469 e. The summed E-state index contributed by atoms with van der Waals surface area (Å²) in [5.74, 6) is -1.55. The van der Waals surface area contributed by atoms with Gasteiger partial charge in [0.25, 0.3) is 6.01 Å². The van der Waals surface area contributed by atoms with E-state index in [1.54, 1.807) is 19.1 Å². The second kappa shape index (κ2) is 13.1. The second-order valence-electron chi connectivity index (χ2n) is 10.8. The van der Waals surface area contributed by atoms with Crippen molar-refractivity contribution in [1.82, 2.24) is 10.0 Å². The van der Waals surface area contributed by atoms with Crippen molar-refractivity contribution in [3.05, 3.63) is 53.1 Å². The zero-order valence-electron chi connectivity index (χ0n) is 23.3. The first-order valence-corrected chi connectivity index (χ1v) is 14.0. The number of methoxy groups -OCH3 is 1. The molecule has 2 fully saturated rings. The number of hydrogen-bond acceptors (Lipinski definition) is 9. The molecule has 1 saturated carbocycles. The van der Waals surface area contributed by atoms with Gasteiger partial charge in [-0.25, -0.2) is 8.78 Å². The SMILES string of the molecule is COC(=O)C1CCC(ON2CCCC2COCC(=O)Cc2ccc3nc(Nc4cc(F)ccc4C)oc3c2F)CC1. The number of hydroxylamine groups is 2. The number of benzene rings is 2. The van der Waals surface area contributed by atoms with E-state index in [2.05, 4.69) is 10.3 Å². The zero-order valence-corrected chi connectivity index (χ0v) is 23.3. The molecule has 1 N–H and O–H groups in total. The lowest BCUT2D eigenvalue weighted by atomic mass is 9.87. The summed E-state index contributed by atoms with van der Waals surface area (Å²) in [7, 11) is 1.42. The van der Waals surface area contributed by atoms with E-state index in [9.17, 15) is 14.0 Å². The van der Waals surface area contributed by atoms with Crippen molar-refractivity contribution >= 4 is 34.6 Å². The summed E-state index contributed by atoms with van der Waals surface area (Å²) in [6, 6.07) is 7.42. The molecule has 2 aromatic carbocycles. The number of esters is 1. The molecule has 3 aromatic rings. The first-order chi connectivity index (χ1) is 19.8. The molecule has 0 amide bonds. The van der Waals surface area contributed by atoms with Gasteiger partial charge in [-0.1, -0.05) is 12.1 Å². The highest BCUT2D eigenvalue weighted by Crippen LogP contribution is 2.30. The molecule has 5 rings (SSSR count). The van der Waals surface area contributed by atoms with Gasteiger partial charge >= 0.3 is 5.97 Å². The molecule has 1 aliphatic heterocycles. The van der Waals surface area contributed by atoms with Crippen LogP contribution in [0.15, 0.2) is 34.7 Å². The third-order valence-corrected chi connectivity index (χ3v) is 7.80. The Kier molecular flexibility index (Phi) is 9.26. The molecule has 1 unspecified atom stereocenters. The molecule has 1 atom stereocenters. The Bertz CT molecular complexity index is 1390. The molecule has 0 bridgehead atoms. The molecule has 11 heteroatoms. The first-order valence-electron chi connectivity index (χ1n) is 14.0. The number of ether oxygens (including phenoxy) is 2. The Morgan fingerprint density at radius 1 is 1.12 bits per heavy atom. The van der Waals surface area contributed by atoms with Crippen molar-refractivity contribution in [1.29, 1.82) is 0 Å². The maximum Gasteiger partial charge on any atom is 0.308 e. The molecule has 2 aliphatic rings. The number of aromatic nitrogens is 1. The molecule has 9 nitrogen and oxygen atoms in total. The minimum atomic E-state index is -0.662. The molecule has 0 spiro atoms. The lowest BCUT2D eigenvalue weighted by molar-refractivity contribution is -0.221. The van der Waals surface area contributed by atoms with E-state index in [0.717, 1.165) is 50.6 Å². The number of nitrogens with zero attached hydrogens (tertiary/aromatic N) is 2. The number of nitrogens with one attached hydrogen (secondary N) is 1. The van der Waals surface area contributed by atoms with Crippen LogP contribution in [0, 0.1) is 24.5 Å². The van der Waals surface area contributed by atoms with E-state index in [0.29, 0.717) is 12.3 Å². The molecule has 41 heavy (non-hydrogen) atoms. The van der Waals surface area contributed by atoms with E-state index in [4.69, 9.17) is 18.7 Å². The Morgan fingerprint density at radius 3 is 2.71 bits per heavy atom. The average Bonchev–Trinajstić information content (AvgIpc) is 3.59. The van der Waals surface area contributed by atoms with Crippen molar-refractivity contribution in [2.24, 2.45) is 5.92 Å². The average molecular weight is 572 g/mol. The van der Waals surface area contributed by atoms with E-state index < -0.39 is 11.6 Å². The maximum absolute atomic E-state index is 15.2. The predicted molar refractivity (Wildman–Crippen MR) is 146 cm³/mol. The number of carbonyl (C=O) groups is 2. The van der Waals surface area contributed by atoms with E-state index in [1.165, 1.54) is 25.3 Å². The normalized spacial score (nSPS) is 21.3. The van der Waals surface area contributed by atoms with Gasteiger partial charge in [0.1, 0.15) is 17.9 Å². The van der Waals surface area contributed by atoms with Crippen LogP contribution in [-0.2, 0) is 30.3 Å². The fraction of sp³-hybridized carbons (Fsp3) is 0.500. The summed E-state index contributed by atoms with van der Waals surface area (Å²) in [6.07, 6.45) is 4.87. The highest BCUT2D eigenvalue weighted by molar-refractivity contribution is 5.84. The van der Waals surface area contributed by atoms with Crippen LogP contribution in [-0.4, -0.2) is 60.8 Å². The highest BCUT2D eigenvalue weighted by atomic mass is 19.1. The minimum Gasteiger partial charge on any atom is -0.469 e. The number of fused-ring (bicyclic) bond motifs is 1. The van der Waals surface area contributed by atoms with Gasteiger partial charge in [-0.15, -0.1) is 0 Å².